The van der Waals surface area contributed by atoms with E-state index in [1.165, 1.54) is 15.6 Å². The summed E-state index contributed by atoms with van der Waals surface area (Å²) in [4.78, 5) is 71.0. The SMILES string of the molecule is CCCCC(NC(=O)[C@@H]1[C@@H]2C(CN1C(=O)[C@@H](NC(=O)N[C@H](CN1Cc3sccc3S1(=O)=O)C(C)(C)C)C1CCCCC1)C2(C)C)C(=O)C(=O)NCC. The number of hydrogen-bond donors (Lipinski definition) is 4. The maximum Gasteiger partial charge on any atom is 0.315 e. The molecule has 5 rings (SSSR count). The number of likely N-dealkylation sites (N-methyl/N-ethyl adjacent to an activating group) is 1. The van der Waals surface area contributed by atoms with Crippen LogP contribution in [0.4, 0.5) is 4.79 Å². The zero-order chi connectivity index (χ0) is 38.2. The average molecular weight is 763 g/mol. The van der Waals surface area contributed by atoms with Crippen LogP contribution in [-0.2, 0) is 35.7 Å². The third-order valence-electron chi connectivity index (χ3n) is 11.9. The van der Waals surface area contributed by atoms with Gasteiger partial charge in [-0.05, 0) is 66.2 Å². The first-order chi connectivity index (χ1) is 24.4. The lowest BCUT2D eigenvalue weighted by Gasteiger charge is -2.38. The first-order valence-corrected chi connectivity index (χ1v) is 21.3. The van der Waals surface area contributed by atoms with Gasteiger partial charge >= 0.3 is 6.03 Å². The highest BCUT2D eigenvalue weighted by molar-refractivity contribution is 7.89. The van der Waals surface area contributed by atoms with Gasteiger partial charge in [-0.3, -0.25) is 19.2 Å². The molecule has 2 aliphatic carbocycles. The minimum absolute atomic E-state index is 0.0731. The predicted octanol–water partition coefficient (Wildman–Crippen LogP) is 3.78. The van der Waals surface area contributed by atoms with Gasteiger partial charge in [0.2, 0.25) is 27.6 Å². The minimum atomic E-state index is -3.68. The van der Waals surface area contributed by atoms with Gasteiger partial charge in [0.05, 0.1) is 10.9 Å². The van der Waals surface area contributed by atoms with E-state index in [0.717, 1.165) is 43.4 Å². The molecule has 15 heteroatoms. The molecule has 4 aliphatic rings. The second-order valence-corrected chi connectivity index (χ2v) is 19.6. The van der Waals surface area contributed by atoms with Gasteiger partial charge in [-0.2, -0.15) is 4.31 Å². The van der Waals surface area contributed by atoms with E-state index >= 15 is 0 Å². The first kappa shape index (κ1) is 40.2. The summed E-state index contributed by atoms with van der Waals surface area (Å²) in [6, 6.07) is -2.26. The van der Waals surface area contributed by atoms with Crippen LogP contribution in [-0.4, -0.2) is 91.0 Å². The molecule has 3 fully saturated rings. The summed E-state index contributed by atoms with van der Waals surface area (Å²) in [6.07, 6.45) is 6.09. The summed E-state index contributed by atoms with van der Waals surface area (Å²) in [5.41, 5.74) is -0.705. The highest BCUT2D eigenvalue weighted by Crippen LogP contribution is 2.65. The fraction of sp³-hybridized carbons (Fsp3) is 0.757. The number of carbonyl (C=O) groups is 5. The number of amides is 5. The molecular formula is C37H58N6O7S2. The smallest absolute Gasteiger partial charge is 0.315 e. The summed E-state index contributed by atoms with van der Waals surface area (Å²) >= 11 is 1.40. The molecule has 290 valence electrons. The van der Waals surface area contributed by atoms with E-state index in [0.29, 0.717) is 24.3 Å². The van der Waals surface area contributed by atoms with Crippen molar-refractivity contribution in [1.29, 1.82) is 0 Å². The molecule has 3 heterocycles. The van der Waals surface area contributed by atoms with Crippen molar-refractivity contribution in [2.75, 3.05) is 19.6 Å². The third kappa shape index (κ3) is 8.20. The van der Waals surface area contributed by atoms with Gasteiger partial charge in [-0.25, -0.2) is 13.2 Å². The number of likely N-dealkylation sites (tertiary alicyclic amines) is 1. The first-order valence-electron chi connectivity index (χ1n) is 19.0. The quantitative estimate of drug-likeness (QED) is 0.209. The largest absolute Gasteiger partial charge is 0.350 e. The van der Waals surface area contributed by atoms with Crippen LogP contribution in [0, 0.1) is 28.6 Å². The number of nitrogens with zero attached hydrogens (tertiary/aromatic N) is 2. The fourth-order valence-electron chi connectivity index (χ4n) is 8.48. The molecule has 0 bridgehead atoms. The molecule has 5 amide bonds. The zero-order valence-corrected chi connectivity index (χ0v) is 33.4. The third-order valence-corrected chi connectivity index (χ3v) is 14.8. The van der Waals surface area contributed by atoms with Crippen molar-refractivity contribution in [3.8, 4) is 0 Å². The van der Waals surface area contributed by atoms with Crippen LogP contribution in [0.3, 0.4) is 0 Å². The van der Waals surface area contributed by atoms with Crippen molar-refractivity contribution in [2.45, 2.75) is 135 Å². The summed E-state index contributed by atoms with van der Waals surface area (Å²) in [5, 5.41) is 13.2. The van der Waals surface area contributed by atoms with Crippen LogP contribution in [0.15, 0.2) is 16.3 Å². The molecular weight excluding hydrogens is 705 g/mol. The Morgan fingerprint density at radius 3 is 2.33 bits per heavy atom. The summed E-state index contributed by atoms with van der Waals surface area (Å²) in [7, 11) is -3.68. The molecule has 13 nitrogen and oxygen atoms in total. The van der Waals surface area contributed by atoms with Gasteiger partial charge in [0.25, 0.3) is 5.91 Å². The van der Waals surface area contributed by atoms with Crippen LogP contribution in [0.1, 0.15) is 105 Å². The topological polar surface area (TPSA) is 174 Å². The highest BCUT2D eigenvalue weighted by atomic mass is 32.2. The van der Waals surface area contributed by atoms with Crippen molar-refractivity contribution in [3.05, 3.63) is 16.3 Å². The zero-order valence-electron chi connectivity index (χ0n) is 31.8. The summed E-state index contributed by atoms with van der Waals surface area (Å²) in [6.45, 7) is 14.6. The molecule has 0 aromatic carbocycles. The molecule has 52 heavy (non-hydrogen) atoms. The van der Waals surface area contributed by atoms with Crippen molar-refractivity contribution < 1.29 is 32.4 Å². The van der Waals surface area contributed by atoms with Crippen molar-refractivity contribution in [3.63, 3.8) is 0 Å². The summed E-state index contributed by atoms with van der Waals surface area (Å²) in [5.74, 6) is -2.41. The Bertz CT molecular complexity index is 1630. The number of unbranched alkanes of at least 4 members (excludes halogenated alkanes) is 1. The maximum absolute atomic E-state index is 14.7. The molecule has 0 radical (unpaired) electrons. The Hall–Kier alpha value is -3.04. The Kier molecular flexibility index (Phi) is 12.2. The van der Waals surface area contributed by atoms with Gasteiger partial charge in [-0.15, -0.1) is 11.3 Å². The standard InChI is InChI=1S/C37H58N6O7S2/c1-8-10-16-24(31(44)33(46)38-9-2)39-32(45)30-28-23(37(28,6)7)19-43(30)34(47)29(22-14-12-11-13-15-22)41-35(48)40-27(36(3,4)5)21-42-20-25-26(17-18-51-25)52(42,49)50/h17-18,22-24,27-30H,8-16,19-21H2,1-7H3,(H,38,46)(H,39,45)(H2,40,41,48)/t23?,24?,27-,28+,29+,30+/m1/s1. The highest BCUT2D eigenvalue weighted by Gasteiger charge is 2.69. The number of urea groups is 1. The molecule has 1 aromatic rings. The number of hydrogen-bond acceptors (Lipinski definition) is 8. The fourth-order valence-corrected chi connectivity index (χ4v) is 11.4. The monoisotopic (exact) mass is 762 g/mol. The van der Waals surface area contributed by atoms with Crippen LogP contribution in [0.25, 0.3) is 0 Å². The lowest BCUT2D eigenvalue weighted by molar-refractivity contribution is -0.144. The molecule has 2 unspecified atom stereocenters. The van der Waals surface area contributed by atoms with Crippen LogP contribution < -0.4 is 21.3 Å². The van der Waals surface area contributed by atoms with Crippen molar-refractivity contribution >= 4 is 50.9 Å². The van der Waals surface area contributed by atoms with E-state index in [1.807, 2.05) is 27.7 Å². The average Bonchev–Trinajstić information content (AvgIpc) is 3.54. The van der Waals surface area contributed by atoms with E-state index in [9.17, 15) is 32.4 Å². The number of sulfonamides is 1. The molecule has 2 saturated carbocycles. The van der Waals surface area contributed by atoms with Gasteiger partial charge in [0, 0.05) is 37.1 Å². The second-order valence-electron chi connectivity index (χ2n) is 16.7. The Labute approximate surface area is 312 Å². The number of Topliss-reactive ketones (excluding diaryl/α,β-unsaturated/α-hetero) is 1. The Morgan fingerprint density at radius 1 is 1.02 bits per heavy atom. The lowest BCUT2D eigenvalue weighted by atomic mass is 9.83. The van der Waals surface area contributed by atoms with Gasteiger partial charge in [0.15, 0.2) is 0 Å². The molecule has 1 saturated heterocycles. The molecule has 6 atom stereocenters. The molecule has 0 spiro atoms. The Balaban J connectivity index is 1.35. The minimum Gasteiger partial charge on any atom is -0.350 e. The van der Waals surface area contributed by atoms with E-state index < -0.39 is 63.2 Å². The number of piperidine rings is 1. The second kappa shape index (κ2) is 15.7. The summed E-state index contributed by atoms with van der Waals surface area (Å²) < 4.78 is 28.0. The van der Waals surface area contributed by atoms with Crippen LogP contribution >= 0.6 is 11.3 Å². The molecule has 4 N–H and O–H groups in total. The number of thiophene rings is 1. The van der Waals surface area contributed by atoms with E-state index in [1.54, 1.807) is 23.3 Å². The maximum atomic E-state index is 14.7. The van der Waals surface area contributed by atoms with Crippen molar-refractivity contribution in [1.82, 2.24) is 30.5 Å². The Morgan fingerprint density at radius 2 is 1.71 bits per heavy atom. The van der Waals surface area contributed by atoms with Gasteiger partial charge in [-0.1, -0.05) is 73.6 Å². The van der Waals surface area contributed by atoms with E-state index in [4.69, 9.17) is 0 Å². The molecule has 2 aliphatic heterocycles. The number of carbonyl (C=O) groups excluding carboxylic acids is 5. The van der Waals surface area contributed by atoms with Crippen LogP contribution in [0.2, 0.25) is 0 Å². The van der Waals surface area contributed by atoms with Gasteiger partial charge < -0.3 is 26.2 Å². The lowest BCUT2D eigenvalue weighted by Crippen LogP contribution is -2.61. The number of fused-ring (bicyclic) bond motifs is 2. The van der Waals surface area contributed by atoms with Crippen molar-refractivity contribution in [2.24, 2.45) is 28.6 Å². The molecule has 1 aromatic heterocycles. The number of rotatable bonds is 14. The van der Waals surface area contributed by atoms with E-state index in [-0.39, 0.29) is 48.7 Å². The predicted molar refractivity (Wildman–Crippen MR) is 199 cm³/mol. The van der Waals surface area contributed by atoms with Crippen LogP contribution in [0.5, 0.6) is 0 Å². The number of nitrogens with one attached hydrogen (secondary N) is 4. The normalized spacial score (nSPS) is 25.3. The number of ketones is 1. The van der Waals surface area contributed by atoms with Gasteiger partial charge in [0.1, 0.15) is 12.1 Å². The van der Waals surface area contributed by atoms with E-state index in [2.05, 4.69) is 35.1 Å².